The Morgan fingerprint density at radius 1 is 1.09 bits per heavy atom. The monoisotopic (exact) mass is 480 g/mol. The molecular formula is C26H29FN4O4. The molecule has 9 heteroatoms. The van der Waals surface area contributed by atoms with Gasteiger partial charge in [0.25, 0.3) is 11.8 Å². The number of nitrogens with zero attached hydrogens (tertiary/aromatic N) is 3. The molecule has 0 saturated carbocycles. The first-order valence-corrected chi connectivity index (χ1v) is 11.8. The Morgan fingerprint density at radius 2 is 1.83 bits per heavy atom. The van der Waals surface area contributed by atoms with Crippen LogP contribution in [0.4, 0.5) is 10.1 Å². The number of benzene rings is 2. The normalized spacial score (nSPS) is 13.7. The molecule has 3 aromatic rings. The van der Waals surface area contributed by atoms with Crippen LogP contribution in [0.3, 0.4) is 0 Å². The molecule has 2 aromatic carbocycles. The molecule has 0 spiro atoms. The van der Waals surface area contributed by atoms with Crippen LogP contribution in [0.1, 0.15) is 34.2 Å². The van der Waals surface area contributed by atoms with E-state index in [9.17, 15) is 14.0 Å². The molecule has 1 fully saturated rings. The second-order valence-corrected chi connectivity index (χ2v) is 8.14. The van der Waals surface area contributed by atoms with E-state index < -0.39 is 0 Å². The molecule has 0 bridgehead atoms. The van der Waals surface area contributed by atoms with Crippen LogP contribution in [0.25, 0.3) is 11.3 Å². The lowest BCUT2D eigenvalue weighted by Gasteiger charge is -2.36. The van der Waals surface area contributed by atoms with E-state index in [4.69, 9.17) is 9.15 Å². The van der Waals surface area contributed by atoms with Gasteiger partial charge in [0.05, 0.1) is 5.56 Å². The maximum absolute atomic E-state index is 13.4. The van der Waals surface area contributed by atoms with Crippen molar-refractivity contribution in [1.82, 2.24) is 15.2 Å². The van der Waals surface area contributed by atoms with E-state index in [2.05, 4.69) is 15.2 Å². The van der Waals surface area contributed by atoms with Gasteiger partial charge in [0, 0.05) is 57.2 Å². The highest BCUT2D eigenvalue weighted by atomic mass is 19.1. The van der Waals surface area contributed by atoms with Crippen LogP contribution in [0.2, 0.25) is 0 Å². The molecule has 4 rings (SSSR count). The highest BCUT2D eigenvalue weighted by Crippen LogP contribution is 2.28. The molecule has 0 unspecified atom stereocenters. The number of ether oxygens (including phenoxy) is 1. The van der Waals surface area contributed by atoms with Crippen LogP contribution in [0.5, 0.6) is 0 Å². The van der Waals surface area contributed by atoms with E-state index in [-0.39, 0.29) is 29.1 Å². The van der Waals surface area contributed by atoms with E-state index in [0.29, 0.717) is 63.5 Å². The number of hydrogen-bond donors (Lipinski definition) is 1. The smallest absolute Gasteiger partial charge is 0.273 e. The Hall–Kier alpha value is -3.72. The molecular weight excluding hydrogens is 451 g/mol. The summed E-state index contributed by atoms with van der Waals surface area (Å²) in [5, 5.41) is 2.82. The molecule has 2 heterocycles. The van der Waals surface area contributed by atoms with Crippen molar-refractivity contribution in [2.45, 2.75) is 13.3 Å². The zero-order valence-corrected chi connectivity index (χ0v) is 19.7. The summed E-state index contributed by atoms with van der Waals surface area (Å²) < 4.78 is 24.1. The lowest BCUT2D eigenvalue weighted by Crippen LogP contribution is -2.48. The third-order valence-corrected chi connectivity index (χ3v) is 5.90. The van der Waals surface area contributed by atoms with Crippen molar-refractivity contribution >= 4 is 17.5 Å². The SMILES string of the molecule is CCOCCCNC(=O)c1ncoc1-c1ccccc1C(=O)N1CCN(c2ccc(F)cc2)CC1. The first kappa shape index (κ1) is 24.4. The van der Waals surface area contributed by atoms with Crippen LogP contribution in [0, 0.1) is 5.82 Å². The summed E-state index contributed by atoms with van der Waals surface area (Å²) in [5.41, 5.74) is 2.04. The average Bonchev–Trinajstić information content (AvgIpc) is 3.39. The summed E-state index contributed by atoms with van der Waals surface area (Å²) >= 11 is 0. The lowest BCUT2D eigenvalue weighted by atomic mass is 10.0. The number of halogens is 1. The molecule has 8 nitrogen and oxygen atoms in total. The van der Waals surface area contributed by atoms with Gasteiger partial charge in [0.1, 0.15) is 5.82 Å². The van der Waals surface area contributed by atoms with Crippen molar-refractivity contribution in [3.05, 3.63) is 72.0 Å². The second-order valence-electron chi connectivity index (χ2n) is 8.14. The molecule has 0 radical (unpaired) electrons. The van der Waals surface area contributed by atoms with E-state index in [0.717, 1.165) is 5.69 Å². The molecule has 0 aliphatic carbocycles. The fourth-order valence-electron chi connectivity index (χ4n) is 4.06. The van der Waals surface area contributed by atoms with Gasteiger partial charge in [0.2, 0.25) is 0 Å². The van der Waals surface area contributed by atoms with Crippen LogP contribution >= 0.6 is 0 Å². The van der Waals surface area contributed by atoms with Crippen LogP contribution < -0.4 is 10.2 Å². The zero-order chi connectivity index (χ0) is 24.6. The molecule has 1 aliphatic rings. The Morgan fingerprint density at radius 3 is 2.57 bits per heavy atom. The number of nitrogens with one attached hydrogen (secondary N) is 1. The van der Waals surface area contributed by atoms with Crippen molar-refractivity contribution in [3.8, 4) is 11.3 Å². The summed E-state index contributed by atoms with van der Waals surface area (Å²) in [5.74, 6) is -0.509. The Labute approximate surface area is 203 Å². The maximum atomic E-state index is 13.4. The average molecular weight is 481 g/mol. The van der Waals surface area contributed by atoms with Crippen LogP contribution in [0.15, 0.2) is 59.3 Å². The van der Waals surface area contributed by atoms with Crippen molar-refractivity contribution in [2.75, 3.05) is 50.8 Å². The minimum absolute atomic E-state index is 0.140. The van der Waals surface area contributed by atoms with E-state index in [1.165, 1.54) is 18.5 Å². The number of amides is 2. The summed E-state index contributed by atoms with van der Waals surface area (Å²) in [7, 11) is 0. The van der Waals surface area contributed by atoms with Crippen molar-refractivity contribution < 1.29 is 23.1 Å². The van der Waals surface area contributed by atoms with Crippen molar-refractivity contribution in [1.29, 1.82) is 0 Å². The summed E-state index contributed by atoms with van der Waals surface area (Å²) in [6.07, 6.45) is 1.90. The largest absolute Gasteiger partial charge is 0.443 e. The Bertz CT molecular complexity index is 1140. The molecule has 1 aromatic heterocycles. The highest BCUT2D eigenvalue weighted by molar-refractivity contribution is 6.04. The number of carbonyl (C=O) groups excluding carboxylic acids is 2. The van der Waals surface area contributed by atoms with Gasteiger partial charge >= 0.3 is 0 Å². The third kappa shape index (κ3) is 5.86. The van der Waals surface area contributed by atoms with Gasteiger partial charge in [0.15, 0.2) is 17.8 Å². The molecule has 1 saturated heterocycles. The first-order chi connectivity index (χ1) is 17.1. The van der Waals surface area contributed by atoms with Gasteiger partial charge in [-0.1, -0.05) is 18.2 Å². The van der Waals surface area contributed by atoms with E-state index >= 15 is 0 Å². The van der Waals surface area contributed by atoms with E-state index in [1.807, 2.05) is 6.92 Å². The third-order valence-electron chi connectivity index (χ3n) is 5.90. The van der Waals surface area contributed by atoms with Crippen molar-refractivity contribution in [2.24, 2.45) is 0 Å². The molecule has 184 valence electrons. The van der Waals surface area contributed by atoms with Crippen LogP contribution in [-0.4, -0.2) is 67.6 Å². The van der Waals surface area contributed by atoms with Gasteiger partial charge < -0.3 is 24.3 Å². The summed E-state index contributed by atoms with van der Waals surface area (Å²) in [6.45, 7) is 5.88. The first-order valence-electron chi connectivity index (χ1n) is 11.8. The predicted octanol–water partition coefficient (Wildman–Crippen LogP) is 3.60. The molecule has 1 N–H and O–H groups in total. The number of carbonyl (C=O) groups is 2. The Balaban J connectivity index is 1.44. The molecule has 35 heavy (non-hydrogen) atoms. The second kappa shape index (κ2) is 11.6. The minimum atomic E-state index is -0.361. The number of piperazine rings is 1. The number of oxazole rings is 1. The zero-order valence-electron chi connectivity index (χ0n) is 19.7. The fourth-order valence-corrected chi connectivity index (χ4v) is 4.06. The minimum Gasteiger partial charge on any atom is -0.443 e. The van der Waals surface area contributed by atoms with Gasteiger partial charge in [-0.3, -0.25) is 9.59 Å². The lowest BCUT2D eigenvalue weighted by molar-refractivity contribution is 0.0747. The van der Waals surface area contributed by atoms with Gasteiger partial charge in [-0.2, -0.15) is 0 Å². The number of hydrogen-bond acceptors (Lipinski definition) is 6. The number of aromatic nitrogens is 1. The topological polar surface area (TPSA) is 87.9 Å². The molecule has 2 amide bonds. The maximum Gasteiger partial charge on any atom is 0.273 e. The van der Waals surface area contributed by atoms with Gasteiger partial charge in [-0.15, -0.1) is 0 Å². The van der Waals surface area contributed by atoms with E-state index in [1.54, 1.807) is 41.3 Å². The standard InChI is InChI=1S/C26H29FN4O4/c1-2-34-17-5-12-28-25(32)23-24(35-18-29-23)21-6-3-4-7-22(21)26(33)31-15-13-30(14-16-31)20-10-8-19(27)9-11-20/h3-4,6-11,18H,2,5,12-17H2,1H3,(H,28,32). The molecule has 1 aliphatic heterocycles. The van der Waals surface area contributed by atoms with Crippen LogP contribution in [-0.2, 0) is 4.74 Å². The fraction of sp³-hybridized carbons (Fsp3) is 0.346. The number of rotatable bonds is 9. The molecule has 0 atom stereocenters. The Kier molecular flexibility index (Phi) is 8.10. The highest BCUT2D eigenvalue weighted by Gasteiger charge is 2.27. The number of anilines is 1. The van der Waals surface area contributed by atoms with Gasteiger partial charge in [-0.25, -0.2) is 9.37 Å². The summed E-state index contributed by atoms with van der Waals surface area (Å²) in [6, 6.07) is 13.4. The summed E-state index contributed by atoms with van der Waals surface area (Å²) in [4.78, 5) is 34.2. The van der Waals surface area contributed by atoms with Gasteiger partial charge in [-0.05, 0) is 43.7 Å². The predicted molar refractivity (Wildman–Crippen MR) is 130 cm³/mol. The van der Waals surface area contributed by atoms with Crippen molar-refractivity contribution in [3.63, 3.8) is 0 Å². The quantitative estimate of drug-likeness (QED) is 0.471.